The van der Waals surface area contributed by atoms with E-state index < -0.39 is 9.85 Å². The van der Waals surface area contributed by atoms with Crippen LogP contribution in [0.2, 0.25) is 0 Å². The maximum Gasteiger partial charge on any atom is 0.289 e. The molecule has 1 aromatic carbocycles. The van der Waals surface area contributed by atoms with Crippen LogP contribution >= 0.6 is 23.4 Å². The fraction of sp³-hybridized carbons (Fsp3) is 0.429. The highest BCUT2D eigenvalue weighted by Crippen LogP contribution is 2.48. The van der Waals surface area contributed by atoms with Gasteiger partial charge in [-0.15, -0.1) is 23.4 Å². The maximum atomic E-state index is 11.2. The quantitative estimate of drug-likeness (QED) is 0.355. The number of non-ortho nitro benzene ring substituents is 1. The molecule has 1 aromatic rings. The molecule has 0 aliphatic heterocycles. The van der Waals surface area contributed by atoms with Crippen molar-refractivity contribution in [1.29, 1.82) is 0 Å². The predicted molar refractivity (Wildman–Crippen MR) is 84.4 cm³/mol. The molecule has 4 atom stereocenters. The summed E-state index contributed by atoms with van der Waals surface area (Å²) in [5.41, 5.74) is -0.503. The number of hydrogen-bond acceptors (Lipinski definition) is 5. The van der Waals surface area contributed by atoms with Crippen LogP contribution in [0.5, 0.6) is 0 Å². The Morgan fingerprint density at radius 1 is 1.09 bits per heavy atom. The third kappa shape index (κ3) is 2.70. The smallest absolute Gasteiger partial charge is 0.258 e. The van der Waals surface area contributed by atoms with E-state index in [0.717, 1.165) is 18.9 Å². The largest absolute Gasteiger partial charge is 0.289 e. The fourth-order valence-electron chi connectivity index (χ4n) is 3.04. The molecule has 0 amide bonds. The lowest BCUT2D eigenvalue weighted by Gasteiger charge is -2.41. The molecule has 4 rings (SSSR count). The Bertz CT molecular complexity index is 666. The molecule has 1 saturated carbocycles. The summed E-state index contributed by atoms with van der Waals surface area (Å²) < 4.78 is 0. The second kappa shape index (κ2) is 5.89. The van der Waals surface area contributed by atoms with Crippen LogP contribution in [0.4, 0.5) is 11.4 Å². The number of nitrogens with zero attached hydrogens (tertiary/aromatic N) is 2. The van der Waals surface area contributed by atoms with E-state index in [4.69, 9.17) is 11.6 Å². The molecule has 0 saturated heterocycles. The molecule has 3 aliphatic rings. The van der Waals surface area contributed by atoms with Gasteiger partial charge < -0.3 is 0 Å². The Labute approximate surface area is 135 Å². The number of hydrogen-bond donors (Lipinski definition) is 0. The number of benzene rings is 1. The third-order valence-corrected chi connectivity index (χ3v) is 6.46. The number of halogens is 1. The molecule has 2 bridgehead atoms. The van der Waals surface area contributed by atoms with E-state index in [1.807, 2.05) is 0 Å². The van der Waals surface area contributed by atoms with Crippen LogP contribution < -0.4 is 0 Å². The van der Waals surface area contributed by atoms with Gasteiger partial charge in [-0.3, -0.25) is 20.2 Å². The lowest BCUT2D eigenvalue weighted by atomic mass is 9.75. The summed E-state index contributed by atoms with van der Waals surface area (Å²) in [6.45, 7) is 0. The summed E-state index contributed by atoms with van der Waals surface area (Å²) in [6.07, 6.45) is 6.35. The van der Waals surface area contributed by atoms with Gasteiger partial charge in [-0.05, 0) is 30.7 Å². The summed E-state index contributed by atoms with van der Waals surface area (Å²) in [5, 5.41) is 22.0. The lowest BCUT2D eigenvalue weighted by Crippen LogP contribution is -2.39. The summed E-state index contributed by atoms with van der Waals surface area (Å²) in [5.74, 6) is 0.605. The molecule has 0 N–H and O–H groups in total. The summed E-state index contributed by atoms with van der Waals surface area (Å²) >= 11 is 7.86. The summed E-state index contributed by atoms with van der Waals surface area (Å²) in [7, 11) is 0. The topological polar surface area (TPSA) is 86.3 Å². The minimum absolute atomic E-state index is 0.0607. The molecule has 0 heterocycles. The van der Waals surface area contributed by atoms with Crippen LogP contribution in [-0.2, 0) is 0 Å². The first-order valence-corrected chi connectivity index (χ1v) is 8.21. The van der Waals surface area contributed by atoms with Gasteiger partial charge in [0.2, 0.25) is 0 Å². The first kappa shape index (κ1) is 15.3. The van der Waals surface area contributed by atoms with E-state index in [1.54, 1.807) is 0 Å². The van der Waals surface area contributed by atoms with Crippen molar-refractivity contribution in [3.8, 4) is 0 Å². The molecule has 22 heavy (non-hydrogen) atoms. The predicted octanol–water partition coefficient (Wildman–Crippen LogP) is 4.17. The molecule has 0 spiro atoms. The van der Waals surface area contributed by atoms with Crippen LogP contribution in [0.3, 0.4) is 0 Å². The highest BCUT2D eigenvalue weighted by atomic mass is 35.5. The first-order valence-electron chi connectivity index (χ1n) is 6.89. The van der Waals surface area contributed by atoms with Gasteiger partial charge in [0, 0.05) is 11.3 Å². The Morgan fingerprint density at radius 3 is 2.32 bits per heavy atom. The van der Waals surface area contributed by atoms with Crippen molar-refractivity contribution in [1.82, 2.24) is 0 Å². The number of fused-ring (bicyclic) bond motifs is 2. The van der Waals surface area contributed by atoms with E-state index in [1.165, 1.54) is 23.9 Å². The van der Waals surface area contributed by atoms with Gasteiger partial charge in [0.05, 0.1) is 26.2 Å². The van der Waals surface area contributed by atoms with Gasteiger partial charge in [-0.1, -0.05) is 12.2 Å². The molecular weight excluding hydrogens is 328 g/mol. The van der Waals surface area contributed by atoms with Crippen molar-refractivity contribution in [3.63, 3.8) is 0 Å². The molecular formula is C14H13ClN2O4S. The highest BCUT2D eigenvalue weighted by Gasteiger charge is 2.41. The molecule has 0 aromatic heterocycles. The van der Waals surface area contributed by atoms with E-state index in [0.29, 0.717) is 16.7 Å². The lowest BCUT2D eigenvalue weighted by molar-refractivity contribution is -0.396. The summed E-state index contributed by atoms with van der Waals surface area (Å²) in [4.78, 5) is 21.2. The number of thioether (sulfide) groups is 1. The molecule has 0 radical (unpaired) electrons. The van der Waals surface area contributed by atoms with Gasteiger partial charge in [-0.2, -0.15) is 0 Å². The number of rotatable bonds is 4. The van der Waals surface area contributed by atoms with Crippen molar-refractivity contribution < 1.29 is 9.85 Å². The Hall–Kier alpha value is -1.60. The maximum absolute atomic E-state index is 11.2. The van der Waals surface area contributed by atoms with Gasteiger partial charge >= 0.3 is 0 Å². The Balaban J connectivity index is 1.90. The molecule has 6 nitrogen and oxygen atoms in total. The average Bonchev–Trinajstić information content (AvgIpc) is 2.51. The van der Waals surface area contributed by atoms with E-state index in [9.17, 15) is 20.2 Å². The number of alkyl halides is 1. The second-order valence-corrected chi connectivity index (χ2v) is 7.21. The second-order valence-electron chi connectivity index (χ2n) is 5.48. The van der Waals surface area contributed by atoms with Crippen molar-refractivity contribution in [2.45, 2.75) is 28.4 Å². The van der Waals surface area contributed by atoms with Crippen LogP contribution in [0.15, 0.2) is 35.2 Å². The van der Waals surface area contributed by atoms with Crippen LogP contribution in [0, 0.1) is 32.1 Å². The van der Waals surface area contributed by atoms with Crippen LogP contribution in [-0.4, -0.2) is 20.5 Å². The van der Waals surface area contributed by atoms with Crippen LogP contribution in [0.1, 0.15) is 12.8 Å². The number of nitro benzene ring substituents is 2. The SMILES string of the molecule is O=[N+]([O-])c1ccc(S[C@H]2[C@@H](Cl)[C@H]3C=C[C@H]2CC3)c([N+](=O)[O-])c1. The van der Waals surface area contributed by atoms with Crippen molar-refractivity contribution >= 4 is 34.7 Å². The number of allylic oxidation sites excluding steroid dienone is 2. The fourth-order valence-corrected chi connectivity index (χ4v) is 5.02. The molecule has 1 fully saturated rings. The minimum Gasteiger partial charge on any atom is -0.258 e. The van der Waals surface area contributed by atoms with Gasteiger partial charge in [0.15, 0.2) is 0 Å². The van der Waals surface area contributed by atoms with E-state index in [-0.39, 0.29) is 22.0 Å². The van der Waals surface area contributed by atoms with E-state index in [2.05, 4.69) is 12.2 Å². The zero-order valence-corrected chi connectivity index (χ0v) is 13.0. The molecule has 0 unspecified atom stereocenters. The number of nitro groups is 2. The molecule has 116 valence electrons. The van der Waals surface area contributed by atoms with Crippen LogP contribution in [0.25, 0.3) is 0 Å². The van der Waals surface area contributed by atoms with Crippen molar-refractivity contribution in [3.05, 3.63) is 50.6 Å². The van der Waals surface area contributed by atoms with Gasteiger partial charge in [0.1, 0.15) is 0 Å². The minimum atomic E-state index is -0.628. The standard InChI is InChI=1S/C14H13ClN2O4S/c15-13-8-1-3-9(4-2-8)14(13)22-12-6-5-10(16(18)19)7-11(12)17(20)21/h1,3,5-9,13-14H,2,4H2/t8-,9-,13-,14+/m0/s1. The van der Waals surface area contributed by atoms with Crippen molar-refractivity contribution in [2.75, 3.05) is 0 Å². The summed E-state index contributed by atoms with van der Waals surface area (Å²) in [6, 6.07) is 3.77. The van der Waals surface area contributed by atoms with E-state index >= 15 is 0 Å². The zero-order chi connectivity index (χ0) is 15.9. The normalized spacial score (nSPS) is 29.5. The monoisotopic (exact) mass is 340 g/mol. The Morgan fingerprint density at radius 2 is 1.77 bits per heavy atom. The zero-order valence-electron chi connectivity index (χ0n) is 11.4. The molecule has 8 heteroatoms. The Kier molecular flexibility index (Phi) is 4.10. The highest BCUT2D eigenvalue weighted by molar-refractivity contribution is 8.00. The van der Waals surface area contributed by atoms with Gasteiger partial charge in [0.25, 0.3) is 11.4 Å². The molecule has 3 aliphatic carbocycles. The van der Waals surface area contributed by atoms with Crippen molar-refractivity contribution in [2.24, 2.45) is 11.8 Å². The first-order chi connectivity index (χ1) is 10.5. The average molecular weight is 341 g/mol. The third-order valence-electron chi connectivity index (χ3n) is 4.20. The van der Waals surface area contributed by atoms with Gasteiger partial charge in [-0.25, -0.2) is 0 Å².